The highest BCUT2D eigenvalue weighted by Crippen LogP contribution is 2.48. The quantitative estimate of drug-likeness (QED) is 0.165. The van der Waals surface area contributed by atoms with Gasteiger partial charge >= 0.3 is 0 Å². The number of hydrogen-bond acceptors (Lipinski definition) is 7. The van der Waals surface area contributed by atoms with E-state index in [1.165, 1.54) is 45.7 Å². The minimum Gasteiger partial charge on any atom is -0.308 e. The first-order valence-corrected chi connectivity index (χ1v) is 25.9. The smallest absolute Gasteiger partial charge is 0.167 e. The largest absolute Gasteiger partial charge is 0.308 e. The van der Waals surface area contributed by atoms with Crippen molar-refractivity contribution in [2.24, 2.45) is 0 Å². The van der Waals surface area contributed by atoms with E-state index in [4.69, 9.17) is 15.0 Å². The molecule has 5 aromatic heterocycles. The SMILES string of the molecule is N#Cc1ccccc1-c1cccc(-n2c3ccccc3c3c4sc5ccccc5c4ccc32)c1-c1nc(-c2ccccc2)nc(-c2c(C#N)cccc2-n2c3ccccc3c3c4sc5ccccc5c4ccc32)n1. The van der Waals surface area contributed by atoms with Crippen molar-refractivity contribution in [1.82, 2.24) is 24.1 Å². The first kappa shape index (κ1) is 42.0. The lowest BCUT2D eigenvalue weighted by Crippen LogP contribution is -2.07. The number of aromatic nitrogens is 5. The van der Waals surface area contributed by atoms with E-state index >= 15 is 0 Å². The van der Waals surface area contributed by atoms with Gasteiger partial charge in [0.25, 0.3) is 0 Å². The second-order valence-electron chi connectivity index (χ2n) is 18.4. The Kier molecular flexibility index (Phi) is 9.29. The molecule has 9 heteroatoms. The molecule has 0 radical (unpaired) electrons. The zero-order valence-electron chi connectivity index (χ0n) is 39.2. The predicted molar refractivity (Wildman–Crippen MR) is 305 cm³/mol. The molecule has 0 spiro atoms. The summed E-state index contributed by atoms with van der Waals surface area (Å²) < 4.78 is 9.50. The summed E-state index contributed by atoms with van der Waals surface area (Å²) in [5.74, 6) is 1.19. The van der Waals surface area contributed by atoms with E-state index in [1.54, 1.807) is 11.3 Å². The summed E-state index contributed by atoms with van der Waals surface area (Å²) in [6.07, 6.45) is 0. The van der Waals surface area contributed by atoms with Gasteiger partial charge in [0.1, 0.15) is 0 Å². The van der Waals surface area contributed by atoms with Crippen molar-refractivity contribution in [1.29, 1.82) is 10.5 Å². The van der Waals surface area contributed by atoms with Gasteiger partial charge in [-0.1, -0.05) is 152 Å². The van der Waals surface area contributed by atoms with Gasteiger partial charge in [-0.2, -0.15) is 10.5 Å². The highest BCUT2D eigenvalue weighted by Gasteiger charge is 2.27. The Hall–Kier alpha value is -9.77. The van der Waals surface area contributed by atoms with Crippen molar-refractivity contribution < 1.29 is 0 Å². The Bertz CT molecular complexity index is 4950. The van der Waals surface area contributed by atoms with Gasteiger partial charge < -0.3 is 9.13 Å². The number of nitriles is 2. The number of fused-ring (bicyclic) bond motifs is 14. The molecule has 0 atom stereocenters. The molecule has 0 saturated carbocycles. The molecule has 342 valence electrons. The number of rotatable bonds is 6. The van der Waals surface area contributed by atoms with Gasteiger partial charge in [-0.05, 0) is 66.2 Å². The maximum Gasteiger partial charge on any atom is 0.167 e. The monoisotopic (exact) mass is 977 g/mol. The van der Waals surface area contributed by atoms with Crippen LogP contribution in [0.5, 0.6) is 0 Å². The maximum absolute atomic E-state index is 11.2. The molecule has 74 heavy (non-hydrogen) atoms. The van der Waals surface area contributed by atoms with Gasteiger partial charge in [0.15, 0.2) is 17.5 Å². The van der Waals surface area contributed by atoms with Gasteiger partial charge in [0.2, 0.25) is 0 Å². The number of benzene rings is 10. The normalized spacial score (nSPS) is 11.8. The number of para-hydroxylation sites is 2. The van der Waals surface area contributed by atoms with Gasteiger partial charge in [0, 0.05) is 73.0 Å². The molecule has 0 amide bonds. The molecular formula is C65H35N7S2. The first-order valence-electron chi connectivity index (χ1n) is 24.3. The molecule has 0 fully saturated rings. The van der Waals surface area contributed by atoms with Crippen molar-refractivity contribution in [3.63, 3.8) is 0 Å². The van der Waals surface area contributed by atoms with Gasteiger partial charge in [-0.25, -0.2) is 15.0 Å². The molecule has 0 bridgehead atoms. The van der Waals surface area contributed by atoms with Crippen molar-refractivity contribution in [2.45, 2.75) is 0 Å². The lowest BCUT2D eigenvalue weighted by atomic mass is 9.93. The topological polar surface area (TPSA) is 96.1 Å². The fourth-order valence-corrected chi connectivity index (χ4v) is 13.9. The van der Waals surface area contributed by atoms with Gasteiger partial charge in [0.05, 0.1) is 67.8 Å². The third-order valence-corrected chi connectivity index (χ3v) is 16.9. The van der Waals surface area contributed by atoms with Crippen LogP contribution in [0.15, 0.2) is 212 Å². The Labute approximate surface area is 431 Å². The standard InChI is InChI=1S/C65H35N7S2/c66-36-39-18-4-5-20-41(39)44-25-15-29-52(72-50-27-11-7-24-48(50)59-54(72)35-33-46-43-22-9-13-31-56(43)74-62(46)59)60(44)65-69-63(38-16-2-1-3-17-38)68-64(70-65)57-40(37-67)19-14-28-51(57)71-49-26-10-6-23-47(49)58-53(71)34-32-45-42-21-8-12-30-55(42)73-61(45)58/h1-35H. The fourth-order valence-electron chi connectivity index (χ4n) is 11.4. The van der Waals surface area contributed by atoms with Crippen molar-refractivity contribution >= 4 is 107 Å². The molecule has 15 aromatic rings. The average molecular weight is 978 g/mol. The third kappa shape index (κ3) is 6.12. The Morgan fingerprint density at radius 1 is 0.338 bits per heavy atom. The van der Waals surface area contributed by atoms with Gasteiger partial charge in [-0.15, -0.1) is 22.7 Å². The average Bonchev–Trinajstić information content (AvgIpc) is 4.23. The van der Waals surface area contributed by atoms with Crippen molar-refractivity contribution in [2.75, 3.05) is 0 Å². The van der Waals surface area contributed by atoms with Crippen LogP contribution >= 0.6 is 22.7 Å². The molecule has 0 N–H and O–H groups in total. The Morgan fingerprint density at radius 3 is 1.41 bits per heavy atom. The fraction of sp³-hybridized carbons (Fsp3) is 0. The zero-order valence-corrected chi connectivity index (χ0v) is 40.8. The third-order valence-electron chi connectivity index (χ3n) is 14.5. The number of hydrogen-bond donors (Lipinski definition) is 0. The van der Waals surface area contributed by atoms with Crippen LogP contribution < -0.4 is 0 Å². The lowest BCUT2D eigenvalue weighted by molar-refractivity contribution is 1.06. The van der Waals surface area contributed by atoms with Gasteiger partial charge in [-0.3, -0.25) is 0 Å². The van der Waals surface area contributed by atoms with Crippen LogP contribution in [0, 0.1) is 22.7 Å². The van der Waals surface area contributed by atoms with Crippen LogP contribution in [0.25, 0.3) is 141 Å². The summed E-state index contributed by atoms with van der Waals surface area (Å²) in [6.45, 7) is 0. The van der Waals surface area contributed by atoms with E-state index in [9.17, 15) is 10.5 Å². The summed E-state index contributed by atoms with van der Waals surface area (Å²) in [4.78, 5) is 16.4. The van der Waals surface area contributed by atoms with Crippen LogP contribution in [-0.4, -0.2) is 24.1 Å². The molecular weight excluding hydrogens is 943 g/mol. The Balaban J connectivity index is 1.06. The second kappa shape index (κ2) is 16.4. The summed E-state index contributed by atoms with van der Waals surface area (Å²) in [7, 11) is 0. The van der Waals surface area contributed by atoms with E-state index in [-0.39, 0.29) is 0 Å². The molecule has 0 saturated heterocycles. The predicted octanol–water partition coefficient (Wildman–Crippen LogP) is 17.2. The minimum atomic E-state index is 0.346. The van der Waals surface area contributed by atoms with Crippen LogP contribution in [-0.2, 0) is 0 Å². The van der Waals surface area contributed by atoms with E-state index in [2.05, 4.69) is 167 Å². The zero-order chi connectivity index (χ0) is 49.0. The van der Waals surface area contributed by atoms with Crippen LogP contribution in [0.4, 0.5) is 0 Å². The molecule has 10 aromatic carbocycles. The number of nitrogens with zero attached hydrogens (tertiary/aromatic N) is 7. The summed E-state index contributed by atoms with van der Waals surface area (Å²) in [5, 5.41) is 31.4. The molecule has 0 aliphatic carbocycles. The molecule has 0 aliphatic heterocycles. The molecule has 7 nitrogen and oxygen atoms in total. The first-order chi connectivity index (χ1) is 36.6. The van der Waals surface area contributed by atoms with Crippen molar-refractivity contribution in [3.05, 3.63) is 223 Å². The summed E-state index contributed by atoms with van der Waals surface area (Å²) in [6, 6.07) is 78.0. The van der Waals surface area contributed by atoms with Crippen LogP contribution in [0.1, 0.15) is 11.1 Å². The van der Waals surface area contributed by atoms with E-state index in [0.29, 0.717) is 34.2 Å². The molecule has 5 heterocycles. The van der Waals surface area contributed by atoms with E-state index in [1.807, 2.05) is 78.1 Å². The van der Waals surface area contributed by atoms with Crippen molar-refractivity contribution in [3.8, 4) is 68.8 Å². The maximum atomic E-state index is 11.2. The minimum absolute atomic E-state index is 0.346. The summed E-state index contributed by atoms with van der Waals surface area (Å²) in [5.41, 5.74) is 10.2. The van der Waals surface area contributed by atoms with Crippen LogP contribution in [0.2, 0.25) is 0 Å². The highest BCUT2D eigenvalue weighted by atomic mass is 32.1. The molecule has 15 rings (SSSR count). The van der Waals surface area contributed by atoms with Crippen LogP contribution in [0.3, 0.4) is 0 Å². The van der Waals surface area contributed by atoms with E-state index < -0.39 is 0 Å². The highest BCUT2D eigenvalue weighted by molar-refractivity contribution is 7.27. The lowest BCUT2D eigenvalue weighted by Gasteiger charge is -2.19. The molecule has 0 unspecified atom stereocenters. The van der Waals surface area contributed by atoms with E-state index in [0.717, 1.165) is 71.9 Å². The second-order valence-corrected chi connectivity index (χ2v) is 20.5. The Morgan fingerprint density at radius 2 is 0.797 bits per heavy atom. The molecule has 0 aliphatic rings. The summed E-state index contributed by atoms with van der Waals surface area (Å²) >= 11 is 3.62. The number of thiophene rings is 2.